The third-order valence-corrected chi connectivity index (χ3v) is 5.80. The largest absolute Gasteiger partial charge is 0.339 e. The van der Waals surface area contributed by atoms with Crippen molar-refractivity contribution >= 4 is 26.7 Å². The maximum Gasteiger partial charge on any atom is 0.281 e. The van der Waals surface area contributed by atoms with Crippen LogP contribution in [0.2, 0.25) is 0 Å². The molecule has 2 aromatic carbocycles. The van der Waals surface area contributed by atoms with Gasteiger partial charge >= 0.3 is 0 Å². The van der Waals surface area contributed by atoms with Crippen LogP contribution in [0.15, 0.2) is 90.2 Å². The molecule has 28 heavy (non-hydrogen) atoms. The molecule has 0 atom stereocenters. The number of nitrogens with zero attached hydrogens (tertiary/aromatic N) is 2. The summed E-state index contributed by atoms with van der Waals surface area (Å²) in [5, 5.41) is 1.20. The highest BCUT2D eigenvalue weighted by Crippen LogP contribution is 2.22. The first-order valence-corrected chi connectivity index (χ1v) is 10.1. The lowest BCUT2D eigenvalue weighted by atomic mass is 10.2. The molecule has 0 saturated carbocycles. The van der Waals surface area contributed by atoms with Crippen molar-refractivity contribution in [3.8, 4) is 0 Å². The van der Waals surface area contributed by atoms with E-state index in [0.717, 1.165) is 5.56 Å². The Morgan fingerprint density at radius 1 is 0.964 bits per heavy atom. The van der Waals surface area contributed by atoms with Crippen molar-refractivity contribution in [3.63, 3.8) is 0 Å². The molecule has 0 aliphatic rings. The summed E-state index contributed by atoms with van der Waals surface area (Å²) in [7, 11) is -4.04. The number of pyridine rings is 1. The van der Waals surface area contributed by atoms with E-state index in [1.165, 1.54) is 12.3 Å². The standard InChI is InChI=1S/C21H17N3O3S/c25-21(19-9-5-13-24(19)15-16-6-2-1-3-7-16)23-28(26,27)20-10-4-8-17-14-22-12-11-18(17)20/h1-14H,15H2,(H,23,25). The smallest absolute Gasteiger partial charge is 0.281 e. The molecule has 6 nitrogen and oxygen atoms in total. The Morgan fingerprint density at radius 2 is 1.79 bits per heavy atom. The van der Waals surface area contributed by atoms with Gasteiger partial charge in [0.2, 0.25) is 0 Å². The van der Waals surface area contributed by atoms with E-state index in [-0.39, 0.29) is 10.6 Å². The third-order valence-electron chi connectivity index (χ3n) is 4.42. The van der Waals surface area contributed by atoms with Gasteiger partial charge in [-0.15, -0.1) is 0 Å². The first kappa shape index (κ1) is 17.9. The molecule has 1 amide bonds. The summed E-state index contributed by atoms with van der Waals surface area (Å²) in [6.45, 7) is 0.469. The highest BCUT2D eigenvalue weighted by molar-refractivity contribution is 7.90. The van der Waals surface area contributed by atoms with Gasteiger partial charge in [0, 0.05) is 35.9 Å². The number of benzene rings is 2. The van der Waals surface area contributed by atoms with Gasteiger partial charge in [0.1, 0.15) is 5.69 Å². The summed E-state index contributed by atoms with van der Waals surface area (Å²) in [6, 6.07) is 19.4. The fourth-order valence-corrected chi connectivity index (χ4v) is 4.29. The van der Waals surface area contributed by atoms with Crippen molar-refractivity contribution in [3.05, 3.63) is 96.6 Å². The van der Waals surface area contributed by atoms with Gasteiger partial charge in [-0.1, -0.05) is 42.5 Å². The maximum absolute atomic E-state index is 12.9. The number of carbonyl (C=O) groups excluding carboxylic acids is 1. The number of amides is 1. The van der Waals surface area contributed by atoms with Gasteiger partial charge in [-0.2, -0.15) is 0 Å². The van der Waals surface area contributed by atoms with E-state index in [2.05, 4.69) is 9.71 Å². The van der Waals surface area contributed by atoms with Crippen LogP contribution in [-0.2, 0) is 16.6 Å². The summed E-state index contributed by atoms with van der Waals surface area (Å²) in [5.41, 5.74) is 1.28. The lowest BCUT2D eigenvalue weighted by Crippen LogP contribution is -2.32. The highest BCUT2D eigenvalue weighted by Gasteiger charge is 2.22. The summed E-state index contributed by atoms with van der Waals surface area (Å²) >= 11 is 0. The van der Waals surface area contributed by atoms with Gasteiger partial charge in [0.25, 0.3) is 15.9 Å². The Hall–Kier alpha value is -3.45. The average Bonchev–Trinajstić information content (AvgIpc) is 3.16. The van der Waals surface area contributed by atoms with E-state index in [1.807, 2.05) is 30.3 Å². The van der Waals surface area contributed by atoms with Crippen LogP contribution in [0.3, 0.4) is 0 Å². The number of aromatic nitrogens is 2. The van der Waals surface area contributed by atoms with Crippen LogP contribution < -0.4 is 4.72 Å². The first-order chi connectivity index (χ1) is 13.5. The number of sulfonamides is 1. The summed E-state index contributed by atoms with van der Waals surface area (Å²) in [4.78, 5) is 16.8. The molecule has 0 bridgehead atoms. The first-order valence-electron chi connectivity index (χ1n) is 8.63. The molecule has 4 rings (SSSR count). The van der Waals surface area contributed by atoms with Gasteiger partial charge < -0.3 is 4.57 Å². The van der Waals surface area contributed by atoms with E-state index in [1.54, 1.807) is 47.3 Å². The molecule has 7 heteroatoms. The number of rotatable bonds is 5. The fourth-order valence-electron chi connectivity index (χ4n) is 3.09. The third kappa shape index (κ3) is 3.52. The van der Waals surface area contributed by atoms with Crippen LogP contribution in [-0.4, -0.2) is 23.9 Å². The molecule has 0 spiro atoms. The molecule has 4 aromatic rings. The van der Waals surface area contributed by atoms with Crippen LogP contribution in [0, 0.1) is 0 Å². The highest BCUT2D eigenvalue weighted by atomic mass is 32.2. The van der Waals surface area contributed by atoms with Crippen LogP contribution in [0.4, 0.5) is 0 Å². The Bertz CT molecular complexity index is 1240. The van der Waals surface area contributed by atoms with E-state index in [9.17, 15) is 13.2 Å². The number of fused-ring (bicyclic) bond motifs is 1. The normalized spacial score (nSPS) is 11.4. The number of hydrogen-bond donors (Lipinski definition) is 1. The minimum absolute atomic E-state index is 0.0434. The second kappa shape index (κ2) is 7.28. The van der Waals surface area contributed by atoms with Gasteiger partial charge in [-0.25, -0.2) is 13.1 Å². The fraction of sp³-hybridized carbons (Fsp3) is 0.0476. The van der Waals surface area contributed by atoms with E-state index in [0.29, 0.717) is 17.3 Å². The molecular formula is C21H17N3O3S. The minimum Gasteiger partial charge on any atom is -0.339 e. The van der Waals surface area contributed by atoms with Crippen molar-refractivity contribution in [1.82, 2.24) is 14.3 Å². The van der Waals surface area contributed by atoms with Gasteiger partial charge in [0.05, 0.1) is 4.90 Å². The van der Waals surface area contributed by atoms with Crippen molar-refractivity contribution < 1.29 is 13.2 Å². The predicted molar refractivity (Wildman–Crippen MR) is 106 cm³/mol. The summed E-state index contributed by atoms with van der Waals surface area (Å²) in [6.07, 6.45) is 4.85. The lowest BCUT2D eigenvalue weighted by molar-refractivity contribution is 0.0973. The average molecular weight is 391 g/mol. The number of nitrogens with one attached hydrogen (secondary N) is 1. The van der Waals surface area contributed by atoms with Crippen molar-refractivity contribution in [2.75, 3.05) is 0 Å². The Kier molecular flexibility index (Phi) is 4.67. The van der Waals surface area contributed by atoms with Crippen LogP contribution in [0.5, 0.6) is 0 Å². The predicted octanol–water partition coefficient (Wildman–Crippen LogP) is 3.20. The molecule has 0 fully saturated rings. The van der Waals surface area contributed by atoms with Gasteiger partial charge in [0.15, 0.2) is 0 Å². The Morgan fingerprint density at radius 3 is 2.61 bits per heavy atom. The molecule has 0 saturated heterocycles. The molecular weight excluding hydrogens is 374 g/mol. The second-order valence-corrected chi connectivity index (χ2v) is 7.95. The number of carbonyl (C=O) groups is 1. The van der Waals surface area contributed by atoms with E-state index < -0.39 is 15.9 Å². The van der Waals surface area contributed by atoms with Gasteiger partial charge in [-0.05, 0) is 29.8 Å². The molecule has 0 aliphatic carbocycles. The van der Waals surface area contributed by atoms with Crippen molar-refractivity contribution in [2.24, 2.45) is 0 Å². The van der Waals surface area contributed by atoms with E-state index >= 15 is 0 Å². The monoisotopic (exact) mass is 391 g/mol. The number of hydrogen-bond acceptors (Lipinski definition) is 4. The molecule has 0 aliphatic heterocycles. The van der Waals surface area contributed by atoms with Crippen LogP contribution in [0.25, 0.3) is 10.8 Å². The van der Waals surface area contributed by atoms with E-state index in [4.69, 9.17) is 0 Å². The topological polar surface area (TPSA) is 81.1 Å². The van der Waals surface area contributed by atoms with Crippen LogP contribution in [0.1, 0.15) is 16.1 Å². The second-order valence-electron chi connectivity index (χ2n) is 6.29. The zero-order valence-corrected chi connectivity index (χ0v) is 15.6. The zero-order chi connectivity index (χ0) is 19.6. The Labute approximate surface area is 162 Å². The van der Waals surface area contributed by atoms with Gasteiger partial charge in [-0.3, -0.25) is 9.78 Å². The Balaban J connectivity index is 1.63. The van der Waals surface area contributed by atoms with Crippen molar-refractivity contribution in [1.29, 1.82) is 0 Å². The molecule has 2 aromatic heterocycles. The quantitative estimate of drug-likeness (QED) is 0.566. The lowest BCUT2D eigenvalue weighted by Gasteiger charge is -2.12. The zero-order valence-electron chi connectivity index (χ0n) is 14.8. The molecule has 0 radical (unpaired) electrons. The summed E-state index contributed by atoms with van der Waals surface area (Å²) in [5.74, 6) is -0.674. The molecule has 140 valence electrons. The SMILES string of the molecule is O=C(NS(=O)(=O)c1cccc2cnccc12)c1cccn1Cc1ccccc1. The minimum atomic E-state index is -4.04. The molecule has 1 N–H and O–H groups in total. The molecule has 0 unspecified atom stereocenters. The van der Waals surface area contributed by atoms with Crippen molar-refractivity contribution in [2.45, 2.75) is 11.4 Å². The summed E-state index contributed by atoms with van der Waals surface area (Å²) < 4.78 is 29.6. The van der Waals surface area contributed by atoms with Crippen LogP contribution >= 0.6 is 0 Å². The molecule has 2 heterocycles. The maximum atomic E-state index is 12.9.